The number of hydrogen-bond donors (Lipinski definition) is 1. The number of amides is 1. The zero-order chi connectivity index (χ0) is 11.4. The summed E-state index contributed by atoms with van der Waals surface area (Å²) in [5.41, 5.74) is 0. The van der Waals surface area contributed by atoms with Crippen LogP contribution in [0.4, 0.5) is 0 Å². The fraction of sp³-hybridized carbons (Fsp3) is 0.300. The Morgan fingerprint density at radius 1 is 1.69 bits per heavy atom. The van der Waals surface area contributed by atoms with Crippen LogP contribution in [0, 0.1) is 0 Å². The fourth-order valence-electron chi connectivity index (χ4n) is 1.27. The van der Waals surface area contributed by atoms with Crippen molar-refractivity contribution in [2.24, 2.45) is 0 Å². The van der Waals surface area contributed by atoms with Crippen molar-refractivity contribution in [2.75, 3.05) is 0 Å². The second-order valence-electron chi connectivity index (χ2n) is 3.35. The molecule has 16 heavy (non-hydrogen) atoms. The minimum absolute atomic E-state index is 0.0566. The van der Waals surface area contributed by atoms with Crippen LogP contribution in [0.5, 0.6) is 0 Å². The van der Waals surface area contributed by atoms with Gasteiger partial charge < -0.3 is 5.32 Å². The Kier molecular flexibility index (Phi) is 3.31. The number of nitrogens with zero attached hydrogens (tertiary/aromatic N) is 3. The zero-order valence-corrected chi connectivity index (χ0v) is 9.65. The monoisotopic (exact) mass is 236 g/mol. The van der Waals surface area contributed by atoms with Crippen LogP contribution in [-0.2, 0) is 11.3 Å². The molecule has 0 aliphatic rings. The quantitative estimate of drug-likeness (QED) is 0.868. The van der Waals surface area contributed by atoms with E-state index in [1.54, 1.807) is 18.3 Å². The molecule has 1 atom stereocenters. The molecule has 0 bridgehead atoms. The van der Waals surface area contributed by atoms with Crippen LogP contribution in [0.3, 0.4) is 0 Å². The maximum atomic E-state index is 11.7. The molecule has 0 aliphatic heterocycles. The van der Waals surface area contributed by atoms with Crippen molar-refractivity contribution in [3.05, 3.63) is 35.0 Å². The summed E-state index contributed by atoms with van der Waals surface area (Å²) >= 11 is 1.62. The van der Waals surface area contributed by atoms with E-state index in [4.69, 9.17) is 0 Å². The molecule has 0 saturated carbocycles. The SMILES string of the molecule is CC(C(=O)NCc1cccs1)n1cncn1. The van der Waals surface area contributed by atoms with Gasteiger partial charge in [0.05, 0.1) is 6.54 Å². The lowest BCUT2D eigenvalue weighted by atomic mass is 10.3. The third-order valence-electron chi connectivity index (χ3n) is 2.23. The van der Waals surface area contributed by atoms with Gasteiger partial charge in [0.25, 0.3) is 0 Å². The molecule has 0 aliphatic carbocycles. The molecule has 0 radical (unpaired) electrons. The van der Waals surface area contributed by atoms with Gasteiger partial charge in [0.1, 0.15) is 18.7 Å². The number of nitrogens with one attached hydrogen (secondary N) is 1. The lowest BCUT2D eigenvalue weighted by molar-refractivity contribution is -0.124. The van der Waals surface area contributed by atoms with Crippen LogP contribution >= 0.6 is 11.3 Å². The van der Waals surface area contributed by atoms with Gasteiger partial charge in [-0.15, -0.1) is 11.3 Å². The Labute approximate surface area is 97.1 Å². The predicted molar refractivity (Wildman–Crippen MR) is 60.9 cm³/mol. The Morgan fingerprint density at radius 3 is 3.19 bits per heavy atom. The molecule has 1 unspecified atom stereocenters. The van der Waals surface area contributed by atoms with E-state index in [-0.39, 0.29) is 11.9 Å². The van der Waals surface area contributed by atoms with Crippen LogP contribution in [0.1, 0.15) is 17.8 Å². The highest BCUT2D eigenvalue weighted by atomic mass is 32.1. The van der Waals surface area contributed by atoms with Crippen molar-refractivity contribution in [2.45, 2.75) is 19.5 Å². The summed E-state index contributed by atoms with van der Waals surface area (Å²) < 4.78 is 1.53. The van der Waals surface area contributed by atoms with Crippen LogP contribution in [0.25, 0.3) is 0 Å². The smallest absolute Gasteiger partial charge is 0.244 e. The summed E-state index contributed by atoms with van der Waals surface area (Å²) in [6.07, 6.45) is 2.96. The van der Waals surface area contributed by atoms with Crippen molar-refractivity contribution >= 4 is 17.2 Å². The third-order valence-corrected chi connectivity index (χ3v) is 3.11. The molecule has 0 fully saturated rings. The summed E-state index contributed by atoms with van der Waals surface area (Å²) in [5.74, 6) is -0.0566. The Morgan fingerprint density at radius 2 is 2.56 bits per heavy atom. The minimum atomic E-state index is -0.331. The lowest BCUT2D eigenvalue weighted by Gasteiger charge is -2.11. The standard InChI is InChI=1S/C10H12N4OS/c1-8(14-7-11-6-13-14)10(15)12-5-9-3-2-4-16-9/h2-4,6-8H,5H2,1H3,(H,12,15). The molecule has 0 saturated heterocycles. The molecule has 1 amide bonds. The van der Waals surface area contributed by atoms with Crippen LogP contribution in [0.2, 0.25) is 0 Å². The van der Waals surface area contributed by atoms with Gasteiger partial charge in [-0.2, -0.15) is 5.10 Å². The van der Waals surface area contributed by atoms with Gasteiger partial charge in [-0.05, 0) is 18.4 Å². The largest absolute Gasteiger partial charge is 0.349 e. The Hall–Kier alpha value is -1.69. The number of carbonyl (C=O) groups is 1. The molecular weight excluding hydrogens is 224 g/mol. The summed E-state index contributed by atoms with van der Waals surface area (Å²) in [6.45, 7) is 2.36. The van der Waals surface area contributed by atoms with Gasteiger partial charge in [0, 0.05) is 4.88 Å². The maximum Gasteiger partial charge on any atom is 0.244 e. The van der Waals surface area contributed by atoms with Crippen molar-refractivity contribution in [1.82, 2.24) is 20.1 Å². The highest BCUT2D eigenvalue weighted by Crippen LogP contribution is 2.08. The number of aromatic nitrogens is 3. The van der Waals surface area contributed by atoms with E-state index < -0.39 is 0 Å². The fourth-order valence-corrected chi connectivity index (χ4v) is 1.92. The Balaban J connectivity index is 1.89. The number of rotatable bonds is 4. The second kappa shape index (κ2) is 4.89. The number of hydrogen-bond acceptors (Lipinski definition) is 4. The highest BCUT2D eigenvalue weighted by molar-refractivity contribution is 7.09. The molecule has 0 spiro atoms. The first kappa shape index (κ1) is 10.8. The summed E-state index contributed by atoms with van der Waals surface area (Å²) in [4.78, 5) is 16.7. The van der Waals surface area contributed by atoms with Crippen LogP contribution < -0.4 is 5.32 Å². The van der Waals surface area contributed by atoms with E-state index in [9.17, 15) is 4.79 Å². The molecule has 84 valence electrons. The van der Waals surface area contributed by atoms with Gasteiger partial charge in [-0.1, -0.05) is 6.07 Å². The van der Waals surface area contributed by atoms with Crippen LogP contribution in [-0.4, -0.2) is 20.7 Å². The topological polar surface area (TPSA) is 59.8 Å². The first-order valence-corrected chi connectivity index (χ1v) is 5.79. The van der Waals surface area contributed by atoms with Crippen molar-refractivity contribution in [3.8, 4) is 0 Å². The molecule has 1 N–H and O–H groups in total. The summed E-state index contributed by atoms with van der Waals surface area (Å²) in [5, 5.41) is 8.77. The van der Waals surface area contributed by atoms with E-state index in [0.29, 0.717) is 6.54 Å². The molecule has 2 aromatic rings. The van der Waals surface area contributed by atoms with Gasteiger partial charge >= 0.3 is 0 Å². The Bertz CT molecular complexity index is 437. The van der Waals surface area contributed by atoms with E-state index in [1.807, 2.05) is 17.5 Å². The van der Waals surface area contributed by atoms with Gasteiger partial charge in [-0.25, -0.2) is 9.67 Å². The lowest BCUT2D eigenvalue weighted by Crippen LogP contribution is -2.30. The highest BCUT2D eigenvalue weighted by Gasteiger charge is 2.14. The first-order valence-electron chi connectivity index (χ1n) is 4.91. The predicted octanol–water partition coefficient (Wildman–Crippen LogP) is 1.22. The van der Waals surface area contributed by atoms with Crippen LogP contribution in [0.15, 0.2) is 30.2 Å². The summed E-state index contributed by atoms with van der Waals surface area (Å²) in [7, 11) is 0. The van der Waals surface area contributed by atoms with Gasteiger partial charge in [0.15, 0.2) is 0 Å². The number of carbonyl (C=O) groups excluding carboxylic acids is 1. The van der Waals surface area contributed by atoms with Crippen molar-refractivity contribution in [3.63, 3.8) is 0 Å². The zero-order valence-electron chi connectivity index (χ0n) is 8.83. The number of thiophene rings is 1. The second-order valence-corrected chi connectivity index (χ2v) is 4.38. The van der Waals surface area contributed by atoms with E-state index in [0.717, 1.165) is 4.88 Å². The van der Waals surface area contributed by atoms with E-state index in [1.165, 1.54) is 17.3 Å². The molecule has 2 rings (SSSR count). The molecule has 0 aromatic carbocycles. The van der Waals surface area contributed by atoms with Crippen molar-refractivity contribution in [1.29, 1.82) is 0 Å². The van der Waals surface area contributed by atoms with E-state index in [2.05, 4.69) is 15.4 Å². The molecule has 2 heterocycles. The normalized spacial score (nSPS) is 12.3. The first-order chi connectivity index (χ1) is 7.77. The van der Waals surface area contributed by atoms with Gasteiger partial charge in [0.2, 0.25) is 5.91 Å². The van der Waals surface area contributed by atoms with E-state index >= 15 is 0 Å². The van der Waals surface area contributed by atoms with Crippen molar-refractivity contribution < 1.29 is 4.79 Å². The molecule has 2 aromatic heterocycles. The molecule has 5 nitrogen and oxygen atoms in total. The third kappa shape index (κ3) is 2.46. The average molecular weight is 236 g/mol. The molecular formula is C10H12N4OS. The molecule has 6 heteroatoms. The average Bonchev–Trinajstić information content (AvgIpc) is 2.96. The summed E-state index contributed by atoms with van der Waals surface area (Å²) in [6, 6.07) is 3.63. The minimum Gasteiger partial charge on any atom is -0.349 e. The maximum absolute atomic E-state index is 11.7. The van der Waals surface area contributed by atoms with Gasteiger partial charge in [-0.3, -0.25) is 4.79 Å².